The number of ketones is 1. The van der Waals surface area contributed by atoms with Gasteiger partial charge in [0.05, 0.1) is 12.6 Å². The second-order valence-corrected chi connectivity index (χ2v) is 6.77. The van der Waals surface area contributed by atoms with Crippen LogP contribution in [0.15, 0.2) is 59.6 Å². The summed E-state index contributed by atoms with van der Waals surface area (Å²) in [5.74, 6) is 4.79. The van der Waals surface area contributed by atoms with E-state index in [0.717, 1.165) is 16.7 Å². The summed E-state index contributed by atoms with van der Waals surface area (Å²) in [7, 11) is 0. The number of guanidine groups is 1. The Morgan fingerprint density at radius 2 is 1.55 bits per heavy atom. The van der Waals surface area contributed by atoms with Crippen molar-refractivity contribution in [2.24, 2.45) is 16.5 Å². The normalized spacial score (nSPS) is 10.7. The Bertz CT molecular complexity index is 1000. The van der Waals surface area contributed by atoms with E-state index in [4.69, 9.17) is 11.5 Å². The predicted octanol–water partition coefficient (Wildman–Crippen LogP) is 0.0923. The standard InChI is InChI=1S/C23H25N5O3/c1-16(29)20(28-22(31)15-26-21(30)14-27-23(24)25)13-19-11-9-18(10-12-19)8-7-17-5-3-2-4-6-17/h2-6,9-12,20H,13-15H2,1H3,(H,26,30)(H,28,31)(H4,24,25,27)/t20-/m0/s1. The molecule has 0 fully saturated rings. The Hall–Kier alpha value is -4.12. The molecule has 0 bridgehead atoms. The van der Waals surface area contributed by atoms with E-state index in [-0.39, 0.29) is 24.8 Å². The van der Waals surface area contributed by atoms with E-state index in [0.29, 0.717) is 6.42 Å². The summed E-state index contributed by atoms with van der Waals surface area (Å²) < 4.78 is 0. The lowest BCUT2D eigenvalue weighted by Gasteiger charge is -2.16. The van der Waals surface area contributed by atoms with Gasteiger partial charge in [0.25, 0.3) is 0 Å². The molecule has 0 radical (unpaired) electrons. The maximum atomic E-state index is 12.1. The molecule has 0 aliphatic heterocycles. The second kappa shape index (κ2) is 11.8. The number of nitrogens with zero attached hydrogens (tertiary/aromatic N) is 1. The molecule has 8 heteroatoms. The van der Waals surface area contributed by atoms with E-state index in [1.165, 1.54) is 6.92 Å². The minimum absolute atomic E-state index is 0.187. The molecular weight excluding hydrogens is 394 g/mol. The van der Waals surface area contributed by atoms with Gasteiger partial charge in [0.1, 0.15) is 6.54 Å². The van der Waals surface area contributed by atoms with Gasteiger partial charge in [-0.1, -0.05) is 42.2 Å². The lowest BCUT2D eigenvalue weighted by Crippen LogP contribution is -2.46. The third-order valence-corrected chi connectivity index (χ3v) is 4.20. The smallest absolute Gasteiger partial charge is 0.242 e. The van der Waals surface area contributed by atoms with Crippen molar-refractivity contribution in [2.45, 2.75) is 19.4 Å². The van der Waals surface area contributed by atoms with Crippen LogP contribution < -0.4 is 22.1 Å². The number of nitrogens with two attached hydrogens (primary N) is 2. The number of carbonyl (C=O) groups is 3. The minimum Gasteiger partial charge on any atom is -0.370 e. The highest BCUT2D eigenvalue weighted by molar-refractivity contribution is 5.91. The van der Waals surface area contributed by atoms with Gasteiger partial charge in [-0.2, -0.15) is 0 Å². The van der Waals surface area contributed by atoms with Gasteiger partial charge in [0.15, 0.2) is 11.7 Å². The molecule has 0 spiro atoms. The number of carbonyl (C=O) groups excluding carboxylic acids is 3. The fourth-order valence-electron chi connectivity index (χ4n) is 2.57. The number of Topliss-reactive ketones (excluding diaryl/α,β-unsaturated/α-hetero) is 1. The summed E-state index contributed by atoms with van der Waals surface area (Å²) in [5.41, 5.74) is 12.9. The van der Waals surface area contributed by atoms with Crippen LogP contribution in [0.5, 0.6) is 0 Å². The van der Waals surface area contributed by atoms with Gasteiger partial charge in [0, 0.05) is 11.1 Å². The number of amides is 2. The Balaban J connectivity index is 1.90. The number of hydrogen-bond donors (Lipinski definition) is 4. The molecule has 6 N–H and O–H groups in total. The van der Waals surface area contributed by atoms with Gasteiger partial charge in [-0.25, -0.2) is 4.99 Å². The van der Waals surface area contributed by atoms with Crippen LogP contribution in [0.1, 0.15) is 23.6 Å². The van der Waals surface area contributed by atoms with Crippen LogP contribution in [0.25, 0.3) is 0 Å². The first-order valence-electron chi connectivity index (χ1n) is 9.61. The molecular formula is C23H25N5O3. The first-order valence-corrected chi connectivity index (χ1v) is 9.61. The average Bonchev–Trinajstić information content (AvgIpc) is 2.76. The van der Waals surface area contributed by atoms with Crippen LogP contribution in [0.2, 0.25) is 0 Å². The number of aliphatic imine (C=N–C) groups is 1. The molecule has 1 atom stereocenters. The lowest BCUT2D eigenvalue weighted by atomic mass is 10.0. The third-order valence-electron chi connectivity index (χ3n) is 4.20. The van der Waals surface area contributed by atoms with Crippen LogP contribution in [0.3, 0.4) is 0 Å². The SMILES string of the molecule is CC(=O)[C@H](Cc1ccc(C#Cc2ccccc2)cc1)NC(=O)CNC(=O)CN=C(N)N. The summed E-state index contributed by atoms with van der Waals surface area (Å²) in [4.78, 5) is 39.1. The first kappa shape index (κ1) is 23.2. The number of benzene rings is 2. The molecule has 0 aliphatic rings. The van der Waals surface area contributed by atoms with E-state index in [1.807, 2.05) is 54.6 Å². The molecule has 0 aromatic heterocycles. The van der Waals surface area contributed by atoms with E-state index >= 15 is 0 Å². The number of rotatable bonds is 8. The maximum Gasteiger partial charge on any atom is 0.242 e. The Morgan fingerprint density at radius 1 is 0.935 bits per heavy atom. The summed E-state index contributed by atoms with van der Waals surface area (Å²) in [5, 5.41) is 5.02. The minimum atomic E-state index is -0.705. The fourth-order valence-corrected chi connectivity index (χ4v) is 2.57. The van der Waals surface area contributed by atoms with Gasteiger partial charge in [-0.15, -0.1) is 0 Å². The Morgan fingerprint density at radius 3 is 2.13 bits per heavy atom. The van der Waals surface area contributed by atoms with Crippen molar-refractivity contribution in [1.82, 2.24) is 10.6 Å². The predicted molar refractivity (Wildman–Crippen MR) is 119 cm³/mol. The molecule has 160 valence electrons. The van der Waals surface area contributed by atoms with Crippen LogP contribution in [-0.4, -0.2) is 42.7 Å². The van der Waals surface area contributed by atoms with E-state index in [2.05, 4.69) is 27.5 Å². The largest absolute Gasteiger partial charge is 0.370 e. The van der Waals surface area contributed by atoms with Crippen LogP contribution in [0, 0.1) is 11.8 Å². The summed E-state index contributed by atoms with van der Waals surface area (Å²) in [6, 6.07) is 16.4. The first-order chi connectivity index (χ1) is 14.8. The van der Waals surface area contributed by atoms with Gasteiger partial charge in [-0.3, -0.25) is 14.4 Å². The van der Waals surface area contributed by atoms with Crippen molar-refractivity contribution in [3.8, 4) is 11.8 Å². The number of hydrogen-bond acceptors (Lipinski definition) is 4. The maximum absolute atomic E-state index is 12.1. The molecule has 0 heterocycles. The average molecular weight is 419 g/mol. The third kappa shape index (κ3) is 8.83. The topological polar surface area (TPSA) is 140 Å². The molecule has 0 saturated carbocycles. The Kier molecular flexibility index (Phi) is 8.80. The van der Waals surface area contributed by atoms with Crippen LogP contribution in [-0.2, 0) is 20.8 Å². The molecule has 2 amide bonds. The zero-order chi connectivity index (χ0) is 22.6. The monoisotopic (exact) mass is 419 g/mol. The van der Waals surface area contributed by atoms with E-state index in [1.54, 1.807) is 0 Å². The molecule has 2 aromatic rings. The van der Waals surface area contributed by atoms with Crippen molar-refractivity contribution in [3.05, 3.63) is 71.3 Å². The summed E-state index contributed by atoms with van der Waals surface area (Å²) in [6.45, 7) is 0.851. The highest BCUT2D eigenvalue weighted by atomic mass is 16.2. The van der Waals surface area contributed by atoms with Crippen molar-refractivity contribution < 1.29 is 14.4 Å². The van der Waals surface area contributed by atoms with Crippen molar-refractivity contribution >= 4 is 23.6 Å². The lowest BCUT2D eigenvalue weighted by molar-refractivity contribution is -0.128. The second-order valence-electron chi connectivity index (χ2n) is 6.77. The molecule has 2 rings (SSSR count). The van der Waals surface area contributed by atoms with Gasteiger partial charge in [0.2, 0.25) is 11.8 Å². The fraction of sp³-hybridized carbons (Fsp3) is 0.217. The summed E-state index contributed by atoms with van der Waals surface area (Å²) >= 11 is 0. The van der Waals surface area contributed by atoms with Crippen LogP contribution >= 0.6 is 0 Å². The molecule has 2 aromatic carbocycles. The summed E-state index contributed by atoms with van der Waals surface area (Å²) in [6.07, 6.45) is 0.329. The van der Waals surface area contributed by atoms with Crippen LogP contribution in [0.4, 0.5) is 0 Å². The van der Waals surface area contributed by atoms with Crippen molar-refractivity contribution in [2.75, 3.05) is 13.1 Å². The van der Waals surface area contributed by atoms with Gasteiger partial charge >= 0.3 is 0 Å². The van der Waals surface area contributed by atoms with E-state index in [9.17, 15) is 14.4 Å². The van der Waals surface area contributed by atoms with E-state index < -0.39 is 17.9 Å². The zero-order valence-corrected chi connectivity index (χ0v) is 17.2. The van der Waals surface area contributed by atoms with Crippen molar-refractivity contribution in [3.63, 3.8) is 0 Å². The quantitative estimate of drug-likeness (QED) is 0.273. The zero-order valence-electron chi connectivity index (χ0n) is 17.2. The molecule has 0 unspecified atom stereocenters. The highest BCUT2D eigenvalue weighted by Crippen LogP contribution is 2.08. The molecule has 0 saturated heterocycles. The van der Waals surface area contributed by atoms with Gasteiger partial charge < -0.3 is 22.1 Å². The molecule has 31 heavy (non-hydrogen) atoms. The number of nitrogens with one attached hydrogen (secondary N) is 2. The van der Waals surface area contributed by atoms with Crippen molar-refractivity contribution in [1.29, 1.82) is 0 Å². The highest BCUT2D eigenvalue weighted by Gasteiger charge is 2.18. The van der Waals surface area contributed by atoms with Gasteiger partial charge in [-0.05, 0) is 43.2 Å². The molecule has 8 nitrogen and oxygen atoms in total. The Labute approximate surface area is 181 Å². The molecule has 0 aliphatic carbocycles.